The first-order valence-electron chi connectivity index (χ1n) is 4.83. The Hall–Kier alpha value is -1.61. The van der Waals surface area contributed by atoms with Crippen molar-refractivity contribution in [3.05, 3.63) is 45.7 Å². The molecular formula is C12H13NO2. The summed E-state index contributed by atoms with van der Waals surface area (Å²) in [4.78, 5) is 14.9. The second-order valence-electron chi connectivity index (χ2n) is 3.59. The maximum Gasteiger partial charge on any atom is 0.189 e. The molecule has 2 rings (SSSR count). The monoisotopic (exact) mass is 203 g/mol. The highest BCUT2D eigenvalue weighted by Gasteiger charge is 2.04. The van der Waals surface area contributed by atoms with Crippen molar-refractivity contribution >= 4 is 10.9 Å². The van der Waals surface area contributed by atoms with Gasteiger partial charge in [-0.1, -0.05) is 12.1 Å². The second-order valence-corrected chi connectivity index (χ2v) is 3.59. The molecule has 0 radical (unpaired) electrons. The molecule has 0 aliphatic rings. The van der Waals surface area contributed by atoms with Crippen molar-refractivity contribution in [3.8, 4) is 0 Å². The van der Waals surface area contributed by atoms with E-state index in [0.717, 1.165) is 22.2 Å². The van der Waals surface area contributed by atoms with Crippen LogP contribution in [0.1, 0.15) is 11.3 Å². The van der Waals surface area contributed by atoms with Crippen LogP contribution in [0.2, 0.25) is 0 Å². The molecule has 0 aliphatic heterocycles. The van der Waals surface area contributed by atoms with E-state index in [1.165, 1.54) is 0 Å². The van der Waals surface area contributed by atoms with E-state index in [9.17, 15) is 4.79 Å². The summed E-state index contributed by atoms with van der Waals surface area (Å²) in [6, 6.07) is 7.27. The predicted octanol–water partition coefficient (Wildman–Crippen LogP) is 1.98. The standard InChI is InChI=1S/C12H13NO2/c1-8-6-11(14)10-5-3-4-9(7-15-2)12(10)13-8/h3-6H,7H2,1-2H3,(H,13,14). The Balaban J connectivity index is 2.79. The first kappa shape index (κ1) is 9.93. The molecule has 0 unspecified atom stereocenters. The summed E-state index contributed by atoms with van der Waals surface area (Å²) in [6.45, 7) is 2.39. The van der Waals surface area contributed by atoms with Crippen molar-refractivity contribution in [3.63, 3.8) is 0 Å². The van der Waals surface area contributed by atoms with E-state index in [-0.39, 0.29) is 5.43 Å². The summed E-state index contributed by atoms with van der Waals surface area (Å²) < 4.78 is 5.09. The maximum atomic E-state index is 11.7. The Labute approximate surface area is 87.7 Å². The van der Waals surface area contributed by atoms with Crippen molar-refractivity contribution in [1.82, 2.24) is 4.98 Å². The summed E-state index contributed by atoms with van der Waals surface area (Å²) >= 11 is 0. The summed E-state index contributed by atoms with van der Waals surface area (Å²) in [6.07, 6.45) is 0. The molecule has 1 aromatic heterocycles. The number of aromatic nitrogens is 1. The highest BCUT2D eigenvalue weighted by Crippen LogP contribution is 2.14. The lowest BCUT2D eigenvalue weighted by atomic mass is 10.1. The number of rotatable bonds is 2. The average molecular weight is 203 g/mol. The number of benzene rings is 1. The Kier molecular flexibility index (Phi) is 2.56. The van der Waals surface area contributed by atoms with Gasteiger partial charge < -0.3 is 9.72 Å². The average Bonchev–Trinajstić information content (AvgIpc) is 2.19. The third kappa shape index (κ3) is 1.78. The van der Waals surface area contributed by atoms with Gasteiger partial charge in [0.1, 0.15) is 0 Å². The van der Waals surface area contributed by atoms with E-state index >= 15 is 0 Å². The Morgan fingerprint density at radius 1 is 1.40 bits per heavy atom. The number of aromatic amines is 1. The SMILES string of the molecule is COCc1cccc2c(=O)cc(C)[nH]c12. The third-order valence-electron chi connectivity index (χ3n) is 2.39. The molecule has 0 saturated carbocycles. The van der Waals surface area contributed by atoms with Crippen LogP contribution in [-0.2, 0) is 11.3 Å². The molecule has 1 heterocycles. The summed E-state index contributed by atoms with van der Waals surface area (Å²) in [5.74, 6) is 0. The molecule has 15 heavy (non-hydrogen) atoms. The van der Waals surface area contributed by atoms with Gasteiger partial charge in [-0.25, -0.2) is 0 Å². The van der Waals surface area contributed by atoms with Gasteiger partial charge in [-0.15, -0.1) is 0 Å². The number of H-pyrrole nitrogens is 1. The number of hydrogen-bond donors (Lipinski definition) is 1. The summed E-state index contributed by atoms with van der Waals surface area (Å²) in [5.41, 5.74) is 2.82. The molecule has 2 aromatic rings. The van der Waals surface area contributed by atoms with Gasteiger partial charge in [0.2, 0.25) is 0 Å². The van der Waals surface area contributed by atoms with E-state index in [1.54, 1.807) is 13.2 Å². The van der Waals surface area contributed by atoms with Gasteiger partial charge in [0.05, 0.1) is 12.1 Å². The van der Waals surface area contributed by atoms with Crippen LogP contribution in [0.25, 0.3) is 10.9 Å². The van der Waals surface area contributed by atoms with Gasteiger partial charge in [-0.05, 0) is 13.0 Å². The second kappa shape index (κ2) is 3.87. The van der Waals surface area contributed by atoms with Crippen molar-refractivity contribution in [2.75, 3.05) is 7.11 Å². The number of methoxy groups -OCH3 is 1. The smallest absolute Gasteiger partial charge is 0.189 e. The summed E-state index contributed by atoms with van der Waals surface area (Å²) in [5, 5.41) is 0.718. The molecule has 78 valence electrons. The molecule has 0 saturated heterocycles. The highest BCUT2D eigenvalue weighted by molar-refractivity contribution is 5.81. The number of fused-ring (bicyclic) bond motifs is 1. The fourth-order valence-electron chi connectivity index (χ4n) is 1.74. The lowest BCUT2D eigenvalue weighted by Gasteiger charge is -2.06. The van der Waals surface area contributed by atoms with Crippen molar-refractivity contribution in [2.24, 2.45) is 0 Å². The molecule has 0 amide bonds. The van der Waals surface area contributed by atoms with Gasteiger partial charge in [0.15, 0.2) is 5.43 Å². The van der Waals surface area contributed by atoms with E-state index < -0.39 is 0 Å². The molecule has 0 atom stereocenters. The number of ether oxygens (including phenoxy) is 1. The third-order valence-corrected chi connectivity index (χ3v) is 2.39. The van der Waals surface area contributed by atoms with Crippen molar-refractivity contribution in [2.45, 2.75) is 13.5 Å². The highest BCUT2D eigenvalue weighted by atomic mass is 16.5. The molecule has 0 spiro atoms. The molecule has 0 aliphatic carbocycles. The van der Waals surface area contributed by atoms with Crippen LogP contribution < -0.4 is 5.43 Å². The number of aryl methyl sites for hydroxylation is 1. The first-order valence-corrected chi connectivity index (χ1v) is 4.83. The van der Waals surface area contributed by atoms with E-state index in [4.69, 9.17) is 4.74 Å². The maximum absolute atomic E-state index is 11.7. The molecule has 3 heteroatoms. The molecule has 3 nitrogen and oxygen atoms in total. The van der Waals surface area contributed by atoms with Crippen molar-refractivity contribution < 1.29 is 4.74 Å². The number of hydrogen-bond acceptors (Lipinski definition) is 2. The minimum Gasteiger partial charge on any atom is -0.380 e. The van der Waals surface area contributed by atoms with Crippen LogP contribution in [0.3, 0.4) is 0 Å². The fraction of sp³-hybridized carbons (Fsp3) is 0.250. The van der Waals surface area contributed by atoms with Crippen molar-refractivity contribution in [1.29, 1.82) is 0 Å². The first-order chi connectivity index (χ1) is 7.22. The van der Waals surface area contributed by atoms with Gasteiger partial charge in [-0.3, -0.25) is 4.79 Å². The van der Waals surface area contributed by atoms with Crippen LogP contribution in [0.4, 0.5) is 0 Å². The minimum absolute atomic E-state index is 0.0548. The lowest BCUT2D eigenvalue weighted by molar-refractivity contribution is 0.186. The normalized spacial score (nSPS) is 10.8. The van der Waals surface area contributed by atoms with Gasteiger partial charge >= 0.3 is 0 Å². The Morgan fingerprint density at radius 3 is 2.93 bits per heavy atom. The van der Waals surface area contributed by atoms with E-state index in [2.05, 4.69) is 4.98 Å². The molecule has 1 aromatic carbocycles. The largest absolute Gasteiger partial charge is 0.380 e. The van der Waals surface area contributed by atoms with Gasteiger partial charge in [-0.2, -0.15) is 0 Å². The zero-order valence-corrected chi connectivity index (χ0v) is 8.83. The fourth-order valence-corrected chi connectivity index (χ4v) is 1.74. The van der Waals surface area contributed by atoms with Gasteiger partial charge in [0, 0.05) is 29.8 Å². The van der Waals surface area contributed by atoms with E-state index in [0.29, 0.717) is 6.61 Å². The number of nitrogens with one attached hydrogen (secondary N) is 1. The minimum atomic E-state index is 0.0548. The molecule has 1 N–H and O–H groups in total. The Bertz CT molecular complexity index is 543. The number of para-hydroxylation sites is 1. The number of pyridine rings is 1. The summed E-state index contributed by atoms with van der Waals surface area (Å²) in [7, 11) is 1.65. The lowest BCUT2D eigenvalue weighted by Crippen LogP contribution is -2.05. The molecule has 0 fully saturated rings. The van der Waals surface area contributed by atoms with Gasteiger partial charge in [0.25, 0.3) is 0 Å². The zero-order valence-electron chi connectivity index (χ0n) is 8.83. The molecular weight excluding hydrogens is 190 g/mol. The van der Waals surface area contributed by atoms with Crippen LogP contribution in [0.15, 0.2) is 29.1 Å². The quantitative estimate of drug-likeness (QED) is 0.811. The van der Waals surface area contributed by atoms with Crippen LogP contribution in [0, 0.1) is 6.92 Å². The van der Waals surface area contributed by atoms with E-state index in [1.807, 2.05) is 25.1 Å². The van der Waals surface area contributed by atoms with Crippen LogP contribution >= 0.6 is 0 Å². The predicted molar refractivity (Wildman–Crippen MR) is 60.0 cm³/mol. The Morgan fingerprint density at radius 2 is 2.20 bits per heavy atom. The van der Waals surface area contributed by atoms with Crippen LogP contribution in [-0.4, -0.2) is 12.1 Å². The molecule has 0 bridgehead atoms. The van der Waals surface area contributed by atoms with Crippen LogP contribution in [0.5, 0.6) is 0 Å². The zero-order chi connectivity index (χ0) is 10.8. The topological polar surface area (TPSA) is 42.1 Å².